The van der Waals surface area contributed by atoms with Crippen molar-refractivity contribution in [3.63, 3.8) is 0 Å². The van der Waals surface area contributed by atoms with Crippen molar-refractivity contribution in [2.24, 2.45) is 5.73 Å². The average molecular weight is 258 g/mol. The molecule has 2 heterocycles. The number of hydrogen-bond donors (Lipinski definition) is 1. The van der Waals surface area contributed by atoms with Crippen LogP contribution in [0, 0.1) is 0 Å². The molecule has 1 saturated heterocycles. The van der Waals surface area contributed by atoms with Gasteiger partial charge >= 0.3 is 5.56 Å². The predicted molar refractivity (Wildman–Crippen MR) is 66.8 cm³/mol. The van der Waals surface area contributed by atoms with Crippen LogP contribution in [0.4, 0.5) is 9.70 Å². The third-order valence-electron chi connectivity index (χ3n) is 2.77. The van der Waals surface area contributed by atoms with Gasteiger partial charge in [0.25, 0.3) is 0 Å². The van der Waals surface area contributed by atoms with Crippen molar-refractivity contribution in [3.8, 4) is 0 Å². The van der Waals surface area contributed by atoms with Crippen molar-refractivity contribution >= 4 is 18.2 Å². The van der Waals surface area contributed by atoms with E-state index in [4.69, 9.17) is 5.73 Å². The molecule has 1 aliphatic heterocycles. The van der Waals surface area contributed by atoms with Gasteiger partial charge in [0.1, 0.15) is 0 Å². The fourth-order valence-corrected chi connectivity index (χ4v) is 2.00. The molecule has 0 radical (unpaired) electrons. The van der Waals surface area contributed by atoms with Crippen LogP contribution >= 0.6 is 12.3 Å². The Labute approximate surface area is 103 Å². The molecule has 1 aliphatic rings. The zero-order valence-electron chi connectivity index (χ0n) is 9.43. The zero-order chi connectivity index (χ0) is 12.3. The van der Waals surface area contributed by atoms with Gasteiger partial charge in [0, 0.05) is 19.3 Å². The largest absolute Gasteiger partial charge is 0.352 e. The highest BCUT2D eigenvalue weighted by Crippen LogP contribution is 2.16. The van der Waals surface area contributed by atoms with Gasteiger partial charge in [-0.3, -0.25) is 4.79 Å². The maximum atomic E-state index is 12.7. The maximum absolute atomic E-state index is 12.7. The lowest BCUT2D eigenvalue weighted by atomic mass is 10.2. The van der Waals surface area contributed by atoms with Crippen LogP contribution in [0.5, 0.6) is 0 Å². The molecular weight excluding hydrogens is 243 g/mol. The molecule has 0 spiro atoms. The van der Waals surface area contributed by atoms with Crippen LogP contribution < -0.4 is 16.2 Å². The molecule has 0 saturated carbocycles. The first-order chi connectivity index (χ1) is 8.26. The van der Waals surface area contributed by atoms with Crippen LogP contribution in [0.1, 0.15) is 18.5 Å². The van der Waals surface area contributed by atoms with Gasteiger partial charge in [-0.1, -0.05) is 0 Å². The topological polar surface area (TPSA) is 64.2 Å². The number of anilines is 1. The maximum Gasteiger partial charge on any atom is 0.305 e. The molecule has 7 heteroatoms. The molecule has 17 heavy (non-hydrogen) atoms. The Hall–Kier alpha value is -1.08. The van der Waals surface area contributed by atoms with E-state index in [2.05, 4.69) is 4.98 Å². The Morgan fingerprint density at radius 2 is 2.29 bits per heavy atom. The van der Waals surface area contributed by atoms with Crippen molar-refractivity contribution < 1.29 is 3.89 Å². The minimum atomic E-state index is -0.381. The van der Waals surface area contributed by atoms with Gasteiger partial charge in [-0.15, -0.1) is 3.89 Å². The van der Waals surface area contributed by atoms with E-state index in [1.165, 1.54) is 6.20 Å². The second-order valence-corrected chi connectivity index (χ2v) is 4.52. The van der Waals surface area contributed by atoms with E-state index in [1.54, 1.807) is 0 Å². The van der Waals surface area contributed by atoms with Gasteiger partial charge in [0.2, 0.25) is 0 Å². The molecule has 0 aliphatic carbocycles. The van der Waals surface area contributed by atoms with Gasteiger partial charge < -0.3 is 10.6 Å². The number of halogens is 1. The fourth-order valence-electron chi connectivity index (χ4n) is 1.69. The summed E-state index contributed by atoms with van der Waals surface area (Å²) in [7, 11) is 0. The number of aromatic nitrogens is 2. The Balaban J connectivity index is 2.31. The van der Waals surface area contributed by atoms with Crippen LogP contribution in [0.2, 0.25) is 0 Å². The summed E-state index contributed by atoms with van der Waals surface area (Å²) in [6, 6.07) is 0. The van der Waals surface area contributed by atoms with E-state index in [9.17, 15) is 8.68 Å². The minimum absolute atomic E-state index is 0.0846. The Kier molecular flexibility index (Phi) is 4.01. The highest BCUT2D eigenvalue weighted by Gasteiger charge is 2.21. The van der Waals surface area contributed by atoms with Gasteiger partial charge in [-0.25, -0.2) is 8.96 Å². The van der Waals surface area contributed by atoms with Gasteiger partial charge in [-0.05, 0) is 25.8 Å². The SMILES string of the molecule is NCCCc1cn(SF)c(=O)c(N2CCC2)n1. The summed E-state index contributed by atoms with van der Waals surface area (Å²) in [6.07, 6.45) is 3.95. The Morgan fingerprint density at radius 3 is 2.82 bits per heavy atom. The molecular formula is C10H15FN4OS. The van der Waals surface area contributed by atoms with Crippen LogP contribution in [0.3, 0.4) is 0 Å². The predicted octanol–water partition coefficient (Wildman–Crippen LogP) is 0.725. The van der Waals surface area contributed by atoms with Gasteiger partial charge in [0.05, 0.1) is 5.69 Å². The highest BCUT2D eigenvalue weighted by atomic mass is 32.2. The fraction of sp³-hybridized carbons (Fsp3) is 0.600. The first-order valence-corrected chi connectivity index (χ1v) is 6.30. The van der Waals surface area contributed by atoms with Crippen molar-refractivity contribution in [2.75, 3.05) is 24.5 Å². The van der Waals surface area contributed by atoms with E-state index in [0.29, 0.717) is 24.5 Å². The molecule has 0 bridgehead atoms. The lowest BCUT2D eigenvalue weighted by Gasteiger charge is -2.31. The number of aryl methyl sites for hydroxylation is 1. The Bertz CT molecular complexity index is 446. The lowest BCUT2D eigenvalue weighted by Crippen LogP contribution is -2.42. The molecule has 2 rings (SSSR count). The molecule has 0 aromatic carbocycles. The summed E-state index contributed by atoms with van der Waals surface area (Å²) in [4.78, 5) is 18.0. The number of nitrogens with zero attached hydrogens (tertiary/aromatic N) is 3. The summed E-state index contributed by atoms with van der Waals surface area (Å²) >= 11 is -0.0846. The van der Waals surface area contributed by atoms with Crippen LogP contribution in [0.25, 0.3) is 0 Å². The monoisotopic (exact) mass is 258 g/mol. The summed E-state index contributed by atoms with van der Waals surface area (Å²) in [5.41, 5.74) is 5.76. The summed E-state index contributed by atoms with van der Waals surface area (Å²) < 4.78 is 13.7. The minimum Gasteiger partial charge on any atom is -0.352 e. The quantitative estimate of drug-likeness (QED) is 0.843. The zero-order valence-corrected chi connectivity index (χ0v) is 10.2. The molecule has 94 valence electrons. The summed E-state index contributed by atoms with van der Waals surface area (Å²) in [5.74, 6) is 0.357. The third kappa shape index (κ3) is 2.61. The molecule has 1 aromatic heterocycles. The second-order valence-electron chi connectivity index (χ2n) is 3.99. The van der Waals surface area contributed by atoms with Gasteiger partial charge in [-0.2, -0.15) is 0 Å². The molecule has 5 nitrogen and oxygen atoms in total. The van der Waals surface area contributed by atoms with Crippen molar-refractivity contribution in [1.29, 1.82) is 0 Å². The van der Waals surface area contributed by atoms with Crippen LogP contribution in [-0.4, -0.2) is 28.6 Å². The average Bonchev–Trinajstić information content (AvgIpc) is 2.27. The second kappa shape index (κ2) is 5.50. The Morgan fingerprint density at radius 1 is 1.53 bits per heavy atom. The molecule has 0 unspecified atom stereocenters. The first kappa shape index (κ1) is 12.4. The highest BCUT2D eigenvalue weighted by molar-refractivity contribution is 7.92. The van der Waals surface area contributed by atoms with Crippen molar-refractivity contribution in [2.45, 2.75) is 19.3 Å². The van der Waals surface area contributed by atoms with Crippen LogP contribution in [0.15, 0.2) is 11.0 Å². The van der Waals surface area contributed by atoms with Crippen molar-refractivity contribution in [3.05, 3.63) is 22.2 Å². The van der Waals surface area contributed by atoms with E-state index < -0.39 is 0 Å². The summed E-state index contributed by atoms with van der Waals surface area (Å²) in [5, 5.41) is 0. The lowest BCUT2D eigenvalue weighted by molar-refractivity contribution is 0.601. The van der Waals surface area contributed by atoms with Gasteiger partial charge in [0.15, 0.2) is 18.2 Å². The molecule has 1 fully saturated rings. The summed E-state index contributed by atoms with van der Waals surface area (Å²) in [6.45, 7) is 2.20. The third-order valence-corrected chi connectivity index (χ3v) is 3.19. The molecule has 0 amide bonds. The van der Waals surface area contributed by atoms with E-state index in [1.807, 2.05) is 4.90 Å². The molecule has 1 aromatic rings. The van der Waals surface area contributed by atoms with E-state index in [0.717, 1.165) is 29.9 Å². The van der Waals surface area contributed by atoms with Crippen molar-refractivity contribution in [1.82, 2.24) is 8.96 Å². The standard InChI is InChI=1S/C10H15FN4OS/c11-17-15-7-8(3-1-4-12)13-9(10(15)16)14-5-2-6-14/h7H,1-6,12H2. The normalized spacial score (nSPS) is 14.8. The smallest absolute Gasteiger partial charge is 0.305 e. The molecule has 2 N–H and O–H groups in total. The number of nitrogens with two attached hydrogens (primary N) is 1. The van der Waals surface area contributed by atoms with Crippen LogP contribution in [-0.2, 0) is 6.42 Å². The number of rotatable bonds is 5. The first-order valence-electron chi connectivity index (χ1n) is 5.63. The number of hydrogen-bond acceptors (Lipinski definition) is 5. The van der Waals surface area contributed by atoms with E-state index >= 15 is 0 Å². The van der Waals surface area contributed by atoms with E-state index in [-0.39, 0.29) is 17.9 Å². The molecule has 0 atom stereocenters.